The molecule has 0 aliphatic carbocycles. The number of thiazole rings is 1. The molecule has 0 spiro atoms. The highest BCUT2D eigenvalue weighted by molar-refractivity contribution is 7.15. The molecule has 1 heterocycles. The second kappa shape index (κ2) is 6.99. The molecule has 0 radical (unpaired) electrons. The number of hydrogen-bond donors (Lipinski definition) is 1. The number of benzene rings is 1. The smallest absolute Gasteiger partial charge is 0.186 e. The Balaban J connectivity index is 2.14. The predicted octanol–water partition coefficient (Wildman–Crippen LogP) is 3.84. The van der Waals surface area contributed by atoms with Crippen molar-refractivity contribution in [3.05, 3.63) is 45.1 Å². The van der Waals surface area contributed by atoms with E-state index in [2.05, 4.69) is 10.3 Å². The summed E-state index contributed by atoms with van der Waals surface area (Å²) in [5, 5.41) is 3.01. The maximum atomic E-state index is 14.3. The van der Waals surface area contributed by atoms with E-state index < -0.39 is 12.1 Å². The molecule has 7 heteroatoms. The second-order valence-corrected chi connectivity index (χ2v) is 5.64. The number of nitrogens with zero attached hydrogens (tertiary/aromatic N) is 1. The van der Waals surface area contributed by atoms with Crippen LogP contribution in [0.25, 0.3) is 0 Å². The summed E-state index contributed by atoms with van der Waals surface area (Å²) in [6.45, 7) is 0.454. The molecule has 2 aromatic rings. The molecule has 108 valence electrons. The molecule has 1 aromatic carbocycles. The summed E-state index contributed by atoms with van der Waals surface area (Å²) in [7, 11) is 2.93. The van der Waals surface area contributed by atoms with Gasteiger partial charge >= 0.3 is 0 Å². The Labute approximate surface area is 125 Å². The van der Waals surface area contributed by atoms with Crippen LogP contribution in [0.4, 0.5) is 10.1 Å². The summed E-state index contributed by atoms with van der Waals surface area (Å²) in [5.41, 5.74) is 0.730. The number of rotatable bonds is 6. The number of nitrogens with one attached hydrogen (secondary N) is 1. The molecule has 1 aromatic heterocycles. The third-order valence-corrected chi connectivity index (χ3v) is 3.80. The largest absolute Gasteiger partial charge is 0.378 e. The van der Waals surface area contributed by atoms with Gasteiger partial charge in [0.05, 0.1) is 12.2 Å². The van der Waals surface area contributed by atoms with Crippen LogP contribution in [0, 0.1) is 5.82 Å². The van der Waals surface area contributed by atoms with Gasteiger partial charge in [0.2, 0.25) is 0 Å². The van der Waals surface area contributed by atoms with E-state index in [1.54, 1.807) is 24.4 Å². The van der Waals surface area contributed by atoms with Gasteiger partial charge in [-0.1, -0.05) is 23.7 Å². The Morgan fingerprint density at radius 3 is 2.75 bits per heavy atom. The first-order valence-electron chi connectivity index (χ1n) is 5.83. The van der Waals surface area contributed by atoms with Gasteiger partial charge in [0, 0.05) is 30.9 Å². The van der Waals surface area contributed by atoms with Crippen LogP contribution in [0.1, 0.15) is 16.7 Å². The predicted molar refractivity (Wildman–Crippen MR) is 77.6 cm³/mol. The maximum absolute atomic E-state index is 14.3. The lowest BCUT2D eigenvalue weighted by molar-refractivity contribution is -0.107. The zero-order valence-corrected chi connectivity index (χ0v) is 12.6. The normalized spacial score (nSPS) is 11.1. The minimum atomic E-state index is -0.727. The van der Waals surface area contributed by atoms with Gasteiger partial charge in [0.15, 0.2) is 16.6 Å². The zero-order chi connectivity index (χ0) is 14.5. The molecule has 0 aliphatic rings. The lowest BCUT2D eigenvalue weighted by Gasteiger charge is -2.16. The standard InChI is InChI=1S/C13H14ClFN2O2S/c1-18-12(19-2)9-4-3-5-10(11(9)15)16-6-8-7-17-13(14)20-8/h3-5,7,12,16H,6H2,1-2H3. The van der Waals surface area contributed by atoms with Crippen LogP contribution in [0.2, 0.25) is 4.47 Å². The monoisotopic (exact) mass is 316 g/mol. The van der Waals surface area contributed by atoms with E-state index >= 15 is 0 Å². The van der Waals surface area contributed by atoms with Gasteiger partial charge in [0.1, 0.15) is 0 Å². The number of methoxy groups -OCH3 is 2. The minimum absolute atomic E-state index is 0.349. The molecule has 0 bridgehead atoms. The van der Waals surface area contributed by atoms with E-state index in [0.717, 1.165) is 4.88 Å². The summed E-state index contributed by atoms with van der Waals surface area (Å²) in [4.78, 5) is 4.86. The fourth-order valence-electron chi connectivity index (χ4n) is 1.77. The number of hydrogen-bond acceptors (Lipinski definition) is 5. The van der Waals surface area contributed by atoms with Crippen molar-refractivity contribution in [3.8, 4) is 0 Å². The summed E-state index contributed by atoms with van der Waals surface area (Å²) >= 11 is 7.10. The highest BCUT2D eigenvalue weighted by Crippen LogP contribution is 2.27. The van der Waals surface area contributed by atoms with Crippen LogP contribution in [-0.4, -0.2) is 19.2 Å². The van der Waals surface area contributed by atoms with Crippen LogP contribution < -0.4 is 5.32 Å². The van der Waals surface area contributed by atoms with Crippen molar-refractivity contribution in [1.82, 2.24) is 4.98 Å². The first-order chi connectivity index (χ1) is 9.65. The van der Waals surface area contributed by atoms with Crippen LogP contribution in [-0.2, 0) is 16.0 Å². The third kappa shape index (κ3) is 3.46. The van der Waals surface area contributed by atoms with Crippen molar-refractivity contribution in [3.63, 3.8) is 0 Å². The lowest BCUT2D eigenvalue weighted by Crippen LogP contribution is -2.08. The molecular formula is C13H14ClFN2O2S. The van der Waals surface area contributed by atoms with E-state index in [4.69, 9.17) is 21.1 Å². The quantitative estimate of drug-likeness (QED) is 0.822. The molecule has 0 fully saturated rings. The topological polar surface area (TPSA) is 43.4 Å². The molecule has 4 nitrogen and oxygen atoms in total. The van der Waals surface area contributed by atoms with Gasteiger partial charge < -0.3 is 14.8 Å². The number of anilines is 1. The van der Waals surface area contributed by atoms with Crippen LogP contribution in [0.15, 0.2) is 24.4 Å². The Bertz CT molecular complexity index is 575. The van der Waals surface area contributed by atoms with Gasteiger partial charge in [0.25, 0.3) is 0 Å². The van der Waals surface area contributed by atoms with Gasteiger partial charge in [-0.15, -0.1) is 11.3 Å². The highest BCUT2D eigenvalue weighted by Gasteiger charge is 2.17. The highest BCUT2D eigenvalue weighted by atomic mass is 35.5. The van der Waals surface area contributed by atoms with Crippen molar-refractivity contribution in [2.45, 2.75) is 12.8 Å². The fraction of sp³-hybridized carbons (Fsp3) is 0.308. The first-order valence-corrected chi connectivity index (χ1v) is 7.03. The second-order valence-electron chi connectivity index (χ2n) is 3.95. The van der Waals surface area contributed by atoms with Crippen LogP contribution in [0.3, 0.4) is 0 Å². The third-order valence-electron chi connectivity index (χ3n) is 2.69. The van der Waals surface area contributed by atoms with E-state index in [1.165, 1.54) is 25.6 Å². The Hall–Kier alpha value is -1.21. The molecule has 0 aliphatic heterocycles. The minimum Gasteiger partial charge on any atom is -0.378 e. The molecule has 2 rings (SSSR count). The summed E-state index contributed by atoms with van der Waals surface area (Å²) < 4.78 is 25.0. The van der Waals surface area contributed by atoms with Crippen LogP contribution in [0.5, 0.6) is 0 Å². The lowest BCUT2D eigenvalue weighted by atomic mass is 10.1. The van der Waals surface area contributed by atoms with Gasteiger partial charge in [-0.05, 0) is 6.07 Å². The summed E-state index contributed by atoms with van der Waals surface area (Å²) in [6, 6.07) is 5.02. The number of ether oxygens (including phenoxy) is 2. The van der Waals surface area contributed by atoms with Crippen molar-refractivity contribution in [2.75, 3.05) is 19.5 Å². The fourth-order valence-corrected chi connectivity index (χ4v) is 2.68. The van der Waals surface area contributed by atoms with Gasteiger partial charge in [-0.25, -0.2) is 9.37 Å². The van der Waals surface area contributed by atoms with Crippen molar-refractivity contribution < 1.29 is 13.9 Å². The van der Waals surface area contributed by atoms with Crippen molar-refractivity contribution in [2.24, 2.45) is 0 Å². The zero-order valence-electron chi connectivity index (χ0n) is 11.0. The van der Waals surface area contributed by atoms with E-state index in [-0.39, 0.29) is 0 Å². The van der Waals surface area contributed by atoms with Crippen molar-refractivity contribution in [1.29, 1.82) is 0 Å². The maximum Gasteiger partial charge on any atom is 0.186 e. The van der Waals surface area contributed by atoms with E-state index in [1.807, 2.05) is 0 Å². The SMILES string of the molecule is COC(OC)c1cccc(NCc2cnc(Cl)s2)c1F. The molecule has 0 unspecified atom stereocenters. The Morgan fingerprint density at radius 1 is 1.40 bits per heavy atom. The van der Waals surface area contributed by atoms with E-state index in [0.29, 0.717) is 22.3 Å². The van der Waals surface area contributed by atoms with Crippen LogP contribution >= 0.6 is 22.9 Å². The average molecular weight is 317 g/mol. The van der Waals surface area contributed by atoms with E-state index in [9.17, 15) is 4.39 Å². The molecule has 0 atom stereocenters. The Morgan fingerprint density at radius 2 is 2.15 bits per heavy atom. The molecular weight excluding hydrogens is 303 g/mol. The molecule has 20 heavy (non-hydrogen) atoms. The molecule has 0 amide bonds. The number of halogens is 2. The van der Waals surface area contributed by atoms with Gasteiger partial charge in [-0.3, -0.25) is 0 Å². The van der Waals surface area contributed by atoms with Gasteiger partial charge in [-0.2, -0.15) is 0 Å². The molecule has 0 saturated carbocycles. The van der Waals surface area contributed by atoms with Crippen molar-refractivity contribution >= 4 is 28.6 Å². The average Bonchev–Trinajstić information content (AvgIpc) is 2.86. The number of aromatic nitrogens is 1. The Kier molecular flexibility index (Phi) is 5.31. The summed E-state index contributed by atoms with van der Waals surface area (Å²) in [5.74, 6) is -0.392. The molecule has 0 saturated heterocycles. The summed E-state index contributed by atoms with van der Waals surface area (Å²) in [6.07, 6.45) is 0.934. The molecule has 1 N–H and O–H groups in total. The first kappa shape index (κ1) is 15.2.